The highest BCUT2D eigenvalue weighted by Gasteiger charge is 2.37. The summed E-state index contributed by atoms with van der Waals surface area (Å²) < 4.78 is 0.875. The summed E-state index contributed by atoms with van der Waals surface area (Å²) in [6.45, 7) is 0.486. The van der Waals surface area contributed by atoms with Gasteiger partial charge in [-0.15, -0.1) is 0 Å². The van der Waals surface area contributed by atoms with Gasteiger partial charge in [0.05, 0.1) is 18.1 Å². The van der Waals surface area contributed by atoms with Crippen molar-refractivity contribution in [3.63, 3.8) is 0 Å². The van der Waals surface area contributed by atoms with Gasteiger partial charge in [-0.3, -0.25) is 9.59 Å². The number of nitrogens with one attached hydrogen (secondary N) is 1. The highest BCUT2D eigenvalue weighted by molar-refractivity contribution is 9.10. The number of amides is 2. The van der Waals surface area contributed by atoms with E-state index in [4.69, 9.17) is 0 Å². The molecule has 2 N–H and O–H groups in total. The number of phenolic OH excluding ortho intramolecular Hbond substituents is 1. The maximum atomic E-state index is 12.7. The van der Waals surface area contributed by atoms with Crippen LogP contribution in [0, 0.1) is 5.92 Å². The Bertz CT molecular complexity index is 1070. The molecule has 3 aromatic rings. The van der Waals surface area contributed by atoms with Crippen LogP contribution in [0.5, 0.6) is 5.75 Å². The van der Waals surface area contributed by atoms with Gasteiger partial charge in [-0.2, -0.15) is 0 Å². The van der Waals surface area contributed by atoms with E-state index in [0.717, 1.165) is 10.2 Å². The van der Waals surface area contributed by atoms with Crippen molar-refractivity contribution < 1.29 is 14.7 Å². The quantitative estimate of drug-likeness (QED) is 0.589. The molecule has 2 amide bonds. The van der Waals surface area contributed by atoms with Crippen molar-refractivity contribution in [2.75, 3.05) is 16.8 Å². The van der Waals surface area contributed by atoms with Gasteiger partial charge in [-0.1, -0.05) is 34.1 Å². The van der Waals surface area contributed by atoms with Gasteiger partial charge < -0.3 is 15.3 Å². The third-order valence-electron chi connectivity index (χ3n) is 4.67. The number of phenols is 1. The molecule has 7 nitrogen and oxygen atoms in total. The van der Waals surface area contributed by atoms with Crippen LogP contribution in [0.1, 0.15) is 6.42 Å². The molecule has 1 aliphatic heterocycles. The van der Waals surface area contributed by atoms with Crippen LogP contribution < -0.4 is 10.2 Å². The number of carbonyl (C=O) groups excluding carboxylic acids is 2. The fraction of sp³-hybridized carbons (Fsp3) is 0.143. The summed E-state index contributed by atoms with van der Waals surface area (Å²) >= 11 is 3.40. The number of hydrogen-bond acceptors (Lipinski definition) is 5. The van der Waals surface area contributed by atoms with Crippen LogP contribution in [0.4, 0.5) is 11.4 Å². The Morgan fingerprint density at radius 3 is 2.62 bits per heavy atom. The van der Waals surface area contributed by atoms with Crippen LogP contribution in [-0.4, -0.2) is 33.4 Å². The molecule has 0 aliphatic carbocycles. The van der Waals surface area contributed by atoms with Gasteiger partial charge in [0.15, 0.2) is 5.82 Å². The first-order valence-corrected chi connectivity index (χ1v) is 9.80. The predicted octanol–water partition coefficient (Wildman–Crippen LogP) is 3.60. The number of aromatic hydroxyl groups is 1. The fourth-order valence-corrected chi connectivity index (χ4v) is 3.63. The van der Waals surface area contributed by atoms with E-state index < -0.39 is 5.92 Å². The molecule has 2 aromatic carbocycles. The molecular weight excluding hydrogens is 436 g/mol. The van der Waals surface area contributed by atoms with Crippen LogP contribution in [-0.2, 0) is 9.59 Å². The molecule has 1 unspecified atom stereocenters. The van der Waals surface area contributed by atoms with Gasteiger partial charge >= 0.3 is 0 Å². The third kappa shape index (κ3) is 4.12. The molecule has 8 heteroatoms. The number of benzene rings is 2. The largest absolute Gasteiger partial charge is 0.508 e. The van der Waals surface area contributed by atoms with Crippen molar-refractivity contribution in [3.05, 3.63) is 65.4 Å². The number of rotatable bonds is 4. The van der Waals surface area contributed by atoms with Crippen LogP contribution in [0.25, 0.3) is 11.4 Å². The van der Waals surface area contributed by atoms with E-state index in [2.05, 4.69) is 31.2 Å². The molecule has 2 heterocycles. The van der Waals surface area contributed by atoms with Crippen LogP contribution >= 0.6 is 15.9 Å². The Morgan fingerprint density at radius 2 is 1.90 bits per heavy atom. The van der Waals surface area contributed by atoms with Crippen molar-refractivity contribution in [1.29, 1.82) is 0 Å². The Balaban J connectivity index is 1.44. The summed E-state index contributed by atoms with van der Waals surface area (Å²) in [5.41, 5.74) is 1.84. The second-order valence-corrected chi connectivity index (χ2v) is 7.56. The van der Waals surface area contributed by atoms with Crippen molar-refractivity contribution in [3.8, 4) is 17.1 Å². The number of hydrogen-bond donors (Lipinski definition) is 2. The van der Waals surface area contributed by atoms with Gasteiger partial charge in [0, 0.05) is 22.3 Å². The molecule has 0 bridgehead atoms. The van der Waals surface area contributed by atoms with Gasteiger partial charge in [-0.25, -0.2) is 9.97 Å². The molecular formula is C21H17BrN4O3. The predicted molar refractivity (Wildman–Crippen MR) is 112 cm³/mol. The Kier molecular flexibility index (Phi) is 5.26. The molecule has 146 valence electrons. The topological polar surface area (TPSA) is 95.4 Å². The van der Waals surface area contributed by atoms with E-state index in [9.17, 15) is 14.7 Å². The van der Waals surface area contributed by atoms with Crippen molar-refractivity contribution in [1.82, 2.24) is 9.97 Å². The van der Waals surface area contributed by atoms with E-state index in [1.807, 2.05) is 24.3 Å². The van der Waals surface area contributed by atoms with Gasteiger partial charge in [0.2, 0.25) is 11.8 Å². The number of nitrogens with zero attached hydrogens (tertiary/aromatic N) is 3. The minimum Gasteiger partial charge on any atom is -0.508 e. The standard InChI is InChI=1S/C21H17BrN4O3/c22-14-4-2-5-16(10-14)26-8-7-18(21(26)29)20(28)25-15-11-23-19(24-12-15)13-3-1-6-17(27)9-13/h1-6,9-12,18,27H,7-8H2,(H,25,28). The van der Waals surface area contributed by atoms with Crippen LogP contribution in [0.15, 0.2) is 65.4 Å². The fourth-order valence-electron chi connectivity index (χ4n) is 3.24. The second kappa shape index (κ2) is 8.00. The van der Waals surface area contributed by atoms with Crippen molar-refractivity contribution in [2.24, 2.45) is 5.92 Å². The SMILES string of the molecule is O=C(Nc1cnc(-c2cccc(O)c2)nc1)C1CCN(c2cccc(Br)c2)C1=O. The molecule has 1 saturated heterocycles. The minimum absolute atomic E-state index is 0.123. The Hall–Kier alpha value is -3.26. The van der Waals surface area contributed by atoms with Crippen molar-refractivity contribution in [2.45, 2.75) is 6.42 Å². The van der Waals surface area contributed by atoms with E-state index in [-0.39, 0.29) is 17.6 Å². The number of anilines is 2. The highest BCUT2D eigenvalue weighted by atomic mass is 79.9. The zero-order valence-electron chi connectivity index (χ0n) is 15.2. The molecule has 1 aromatic heterocycles. The zero-order chi connectivity index (χ0) is 20.4. The van der Waals surface area contributed by atoms with E-state index >= 15 is 0 Å². The lowest BCUT2D eigenvalue weighted by molar-refractivity contribution is -0.129. The van der Waals surface area contributed by atoms with Gasteiger partial charge in [0.1, 0.15) is 11.7 Å². The molecule has 29 heavy (non-hydrogen) atoms. The molecule has 1 atom stereocenters. The first-order chi connectivity index (χ1) is 14.0. The first kappa shape index (κ1) is 19.1. The second-order valence-electron chi connectivity index (χ2n) is 6.65. The molecule has 0 spiro atoms. The summed E-state index contributed by atoms with van der Waals surface area (Å²) in [5, 5.41) is 12.3. The summed E-state index contributed by atoms with van der Waals surface area (Å²) in [6.07, 6.45) is 3.41. The lowest BCUT2D eigenvalue weighted by Gasteiger charge is -2.17. The van der Waals surface area contributed by atoms with E-state index in [1.54, 1.807) is 29.2 Å². The summed E-state index contributed by atoms with van der Waals surface area (Å²) in [7, 11) is 0. The average Bonchev–Trinajstić information content (AvgIpc) is 3.10. The third-order valence-corrected chi connectivity index (χ3v) is 5.16. The molecule has 4 rings (SSSR count). The summed E-state index contributed by atoms with van der Waals surface area (Å²) in [4.78, 5) is 35.4. The van der Waals surface area contributed by atoms with Crippen molar-refractivity contribution >= 4 is 39.1 Å². The Morgan fingerprint density at radius 1 is 1.14 bits per heavy atom. The lowest BCUT2D eigenvalue weighted by Crippen LogP contribution is -2.33. The van der Waals surface area contributed by atoms with E-state index in [0.29, 0.717) is 30.0 Å². The number of aromatic nitrogens is 2. The van der Waals surface area contributed by atoms with E-state index in [1.165, 1.54) is 12.4 Å². The lowest BCUT2D eigenvalue weighted by atomic mass is 10.1. The number of carbonyl (C=O) groups is 2. The zero-order valence-corrected chi connectivity index (χ0v) is 16.8. The van der Waals surface area contributed by atoms with Crippen LogP contribution in [0.2, 0.25) is 0 Å². The smallest absolute Gasteiger partial charge is 0.239 e. The first-order valence-electron chi connectivity index (χ1n) is 9.00. The van der Waals surface area contributed by atoms with Gasteiger partial charge in [0.25, 0.3) is 0 Å². The molecule has 1 aliphatic rings. The maximum Gasteiger partial charge on any atom is 0.239 e. The summed E-state index contributed by atoms with van der Waals surface area (Å²) in [6, 6.07) is 14.0. The Labute approximate surface area is 175 Å². The highest BCUT2D eigenvalue weighted by Crippen LogP contribution is 2.28. The normalized spacial score (nSPS) is 16.1. The summed E-state index contributed by atoms with van der Waals surface area (Å²) in [5.74, 6) is -0.797. The number of halogens is 1. The molecule has 1 fully saturated rings. The monoisotopic (exact) mass is 452 g/mol. The molecule has 0 saturated carbocycles. The average molecular weight is 453 g/mol. The molecule has 0 radical (unpaired) electrons. The maximum absolute atomic E-state index is 12.7. The minimum atomic E-state index is -0.750. The van der Waals surface area contributed by atoms with Crippen LogP contribution in [0.3, 0.4) is 0 Å². The van der Waals surface area contributed by atoms with Gasteiger partial charge in [-0.05, 0) is 36.8 Å².